The lowest BCUT2D eigenvalue weighted by atomic mass is 10.1. The van der Waals surface area contributed by atoms with Gasteiger partial charge in [0.1, 0.15) is 0 Å². The monoisotopic (exact) mass is 274 g/mol. The molecule has 0 aromatic heterocycles. The molecule has 18 heavy (non-hydrogen) atoms. The number of methoxy groups -OCH3 is 1. The van der Waals surface area contributed by atoms with Crippen molar-refractivity contribution in [2.45, 2.75) is 77.6 Å². The van der Waals surface area contributed by atoms with Crippen LogP contribution in [0, 0.1) is 0 Å². The predicted molar refractivity (Wildman–Crippen MR) is 78.2 cm³/mol. The molecule has 0 heterocycles. The van der Waals surface area contributed by atoms with Crippen molar-refractivity contribution in [3.8, 4) is 0 Å². The van der Waals surface area contributed by atoms with Crippen LogP contribution in [0.1, 0.15) is 53.4 Å². The van der Waals surface area contributed by atoms with Gasteiger partial charge in [0, 0.05) is 12.5 Å². The summed E-state index contributed by atoms with van der Waals surface area (Å²) in [5.74, 6) is -0.128. The molecule has 0 aliphatic carbocycles. The summed E-state index contributed by atoms with van der Waals surface area (Å²) in [4.78, 5) is 11.1. The van der Waals surface area contributed by atoms with Crippen LogP contribution >= 0.6 is 0 Å². The van der Waals surface area contributed by atoms with Gasteiger partial charge in [-0.25, -0.2) is 0 Å². The molecule has 0 spiro atoms. The Labute approximate surface area is 113 Å². The lowest BCUT2D eigenvalue weighted by Crippen LogP contribution is -2.43. The normalized spacial score (nSPS) is 14.4. The van der Waals surface area contributed by atoms with Gasteiger partial charge in [-0.2, -0.15) is 0 Å². The molecule has 0 saturated heterocycles. The van der Waals surface area contributed by atoms with Gasteiger partial charge in [0.15, 0.2) is 8.32 Å². The lowest BCUT2D eigenvalue weighted by Gasteiger charge is -2.39. The van der Waals surface area contributed by atoms with Gasteiger partial charge in [-0.05, 0) is 37.4 Å². The van der Waals surface area contributed by atoms with Crippen LogP contribution in [0.3, 0.4) is 0 Å². The van der Waals surface area contributed by atoms with Crippen LogP contribution in [-0.4, -0.2) is 27.5 Å². The molecule has 0 fully saturated rings. The minimum absolute atomic E-state index is 0.128. The number of hydrogen-bond acceptors (Lipinski definition) is 3. The van der Waals surface area contributed by atoms with E-state index in [0.29, 0.717) is 6.42 Å². The minimum atomic E-state index is -1.69. The fourth-order valence-electron chi connectivity index (χ4n) is 1.52. The average molecular weight is 274 g/mol. The second-order valence-corrected chi connectivity index (χ2v) is 11.1. The maximum absolute atomic E-state index is 11.1. The number of carbonyl (C=O) groups excluding carboxylic acids is 1. The van der Waals surface area contributed by atoms with Crippen LogP contribution in [0.2, 0.25) is 18.1 Å². The van der Waals surface area contributed by atoms with Gasteiger partial charge in [0.25, 0.3) is 0 Å². The highest BCUT2D eigenvalue weighted by Gasteiger charge is 2.38. The Bertz CT molecular complexity index is 256. The molecule has 4 heteroatoms. The molecule has 0 bridgehead atoms. The zero-order valence-corrected chi connectivity index (χ0v) is 14.1. The largest absolute Gasteiger partial charge is 0.469 e. The average Bonchev–Trinajstić information content (AvgIpc) is 2.25. The Balaban J connectivity index is 4.23. The molecule has 0 N–H and O–H groups in total. The number of rotatable bonds is 7. The molecule has 108 valence electrons. The van der Waals surface area contributed by atoms with E-state index >= 15 is 0 Å². The molecule has 1 unspecified atom stereocenters. The third kappa shape index (κ3) is 6.00. The maximum Gasteiger partial charge on any atom is 0.305 e. The second-order valence-electron chi connectivity index (χ2n) is 6.38. The van der Waals surface area contributed by atoms with Crippen molar-refractivity contribution < 1.29 is 14.0 Å². The van der Waals surface area contributed by atoms with E-state index in [1.165, 1.54) is 7.11 Å². The number of hydrogen-bond donors (Lipinski definition) is 0. The van der Waals surface area contributed by atoms with E-state index in [9.17, 15) is 4.79 Å². The number of esters is 1. The second kappa shape index (κ2) is 7.29. The van der Waals surface area contributed by atoms with Gasteiger partial charge >= 0.3 is 5.97 Å². The Hall–Kier alpha value is -0.353. The van der Waals surface area contributed by atoms with Gasteiger partial charge in [0.2, 0.25) is 0 Å². The Kier molecular flexibility index (Phi) is 7.15. The summed E-state index contributed by atoms with van der Waals surface area (Å²) in [6, 6.07) is 0. The summed E-state index contributed by atoms with van der Waals surface area (Å²) in [6.45, 7) is 13.4. The van der Waals surface area contributed by atoms with Crippen LogP contribution in [0.4, 0.5) is 0 Å². The van der Waals surface area contributed by atoms with E-state index < -0.39 is 8.32 Å². The first kappa shape index (κ1) is 17.6. The SMILES string of the molecule is CCC(CCCC(=O)OC)O[Si](C)(C)C(C)(C)C. The van der Waals surface area contributed by atoms with Crippen LogP contribution in [0.15, 0.2) is 0 Å². The smallest absolute Gasteiger partial charge is 0.305 e. The summed E-state index contributed by atoms with van der Waals surface area (Å²) in [7, 11) is -0.254. The summed E-state index contributed by atoms with van der Waals surface area (Å²) >= 11 is 0. The third-order valence-corrected chi connectivity index (χ3v) is 8.39. The highest BCUT2D eigenvalue weighted by Crippen LogP contribution is 2.38. The summed E-state index contributed by atoms with van der Waals surface area (Å²) < 4.78 is 11.0. The molecule has 0 saturated carbocycles. The van der Waals surface area contributed by atoms with E-state index in [4.69, 9.17) is 4.43 Å². The first-order chi connectivity index (χ1) is 8.14. The Morgan fingerprint density at radius 1 is 1.28 bits per heavy atom. The first-order valence-electron chi connectivity index (χ1n) is 6.88. The van der Waals surface area contributed by atoms with Crippen LogP contribution < -0.4 is 0 Å². The highest BCUT2D eigenvalue weighted by molar-refractivity contribution is 6.74. The van der Waals surface area contributed by atoms with Crippen molar-refractivity contribution in [1.82, 2.24) is 0 Å². The van der Waals surface area contributed by atoms with Crippen LogP contribution in [0.5, 0.6) is 0 Å². The van der Waals surface area contributed by atoms with Crippen molar-refractivity contribution in [3.63, 3.8) is 0 Å². The van der Waals surface area contributed by atoms with Gasteiger partial charge in [-0.3, -0.25) is 4.79 Å². The van der Waals surface area contributed by atoms with Crippen molar-refractivity contribution in [3.05, 3.63) is 0 Å². The molecular weight excluding hydrogens is 244 g/mol. The molecule has 1 atom stereocenters. The predicted octanol–water partition coefficient (Wildman–Crippen LogP) is 4.13. The van der Waals surface area contributed by atoms with Crippen LogP contribution in [0.25, 0.3) is 0 Å². The highest BCUT2D eigenvalue weighted by atomic mass is 28.4. The van der Waals surface area contributed by atoms with Gasteiger partial charge in [-0.15, -0.1) is 0 Å². The molecule has 0 radical (unpaired) electrons. The summed E-state index contributed by atoms with van der Waals surface area (Å²) in [5, 5.41) is 0.239. The molecule has 0 amide bonds. The number of ether oxygens (including phenoxy) is 1. The topological polar surface area (TPSA) is 35.5 Å². The Morgan fingerprint density at radius 2 is 1.83 bits per heavy atom. The zero-order valence-electron chi connectivity index (χ0n) is 13.1. The fourth-order valence-corrected chi connectivity index (χ4v) is 2.99. The Morgan fingerprint density at radius 3 is 2.22 bits per heavy atom. The number of carbonyl (C=O) groups is 1. The molecule has 0 rings (SSSR count). The third-order valence-electron chi connectivity index (χ3n) is 3.86. The van der Waals surface area contributed by atoms with E-state index in [2.05, 4.69) is 45.5 Å². The van der Waals surface area contributed by atoms with Crippen molar-refractivity contribution in [2.75, 3.05) is 7.11 Å². The van der Waals surface area contributed by atoms with Gasteiger partial charge in [0.05, 0.1) is 7.11 Å². The van der Waals surface area contributed by atoms with E-state index in [0.717, 1.165) is 19.3 Å². The van der Waals surface area contributed by atoms with Crippen molar-refractivity contribution in [1.29, 1.82) is 0 Å². The van der Waals surface area contributed by atoms with E-state index in [-0.39, 0.29) is 17.1 Å². The zero-order chi connectivity index (χ0) is 14.4. The molecule has 3 nitrogen and oxygen atoms in total. The lowest BCUT2D eigenvalue weighted by molar-refractivity contribution is -0.140. The minimum Gasteiger partial charge on any atom is -0.469 e. The summed E-state index contributed by atoms with van der Waals surface area (Å²) in [5.41, 5.74) is 0. The molecule has 0 aromatic rings. The molecule has 0 aliphatic heterocycles. The standard InChI is InChI=1S/C14H30O3Si/c1-8-12(10-9-11-13(15)16-5)17-18(6,7)14(2,3)4/h12H,8-11H2,1-7H3. The fraction of sp³-hybridized carbons (Fsp3) is 0.929. The maximum atomic E-state index is 11.1. The first-order valence-corrected chi connectivity index (χ1v) is 9.79. The van der Waals surface area contributed by atoms with Gasteiger partial charge in [-0.1, -0.05) is 27.7 Å². The quantitative estimate of drug-likeness (QED) is 0.517. The van der Waals surface area contributed by atoms with Crippen molar-refractivity contribution in [2.24, 2.45) is 0 Å². The van der Waals surface area contributed by atoms with Gasteiger partial charge < -0.3 is 9.16 Å². The van der Waals surface area contributed by atoms with Crippen molar-refractivity contribution >= 4 is 14.3 Å². The molecular formula is C14H30O3Si. The molecule has 0 aromatic carbocycles. The summed E-state index contributed by atoms with van der Waals surface area (Å²) in [6.07, 6.45) is 3.56. The van der Waals surface area contributed by atoms with Crippen LogP contribution in [-0.2, 0) is 14.0 Å². The van der Waals surface area contributed by atoms with E-state index in [1.807, 2.05) is 0 Å². The molecule has 0 aliphatic rings. The van der Waals surface area contributed by atoms with E-state index in [1.54, 1.807) is 0 Å².